The van der Waals surface area contributed by atoms with E-state index in [1.807, 2.05) is 19.2 Å². The van der Waals surface area contributed by atoms with Crippen molar-refractivity contribution < 1.29 is 4.79 Å². The lowest BCUT2D eigenvalue weighted by Gasteiger charge is -2.16. The second kappa shape index (κ2) is 7.09. The van der Waals surface area contributed by atoms with Gasteiger partial charge in [-0.25, -0.2) is 4.98 Å². The summed E-state index contributed by atoms with van der Waals surface area (Å²) in [4.78, 5) is 21.9. The fraction of sp³-hybridized carbons (Fsp3) is 0.263. The Hall–Kier alpha value is -2.27. The number of aromatic amines is 1. The Balaban J connectivity index is 1.58. The zero-order chi connectivity index (χ0) is 17.1. The number of fused-ring (bicyclic) bond motifs is 1. The van der Waals surface area contributed by atoms with E-state index in [1.165, 1.54) is 22.9 Å². The van der Waals surface area contributed by atoms with Crippen molar-refractivity contribution in [2.45, 2.75) is 25.5 Å². The SMILES string of the molecule is Cc1ccc(CN(C)C(=O)CSc2nc3ccc(C)cc3[nH]2)cc1. The lowest BCUT2D eigenvalue weighted by atomic mass is 10.1. The first-order valence-electron chi connectivity index (χ1n) is 7.90. The van der Waals surface area contributed by atoms with E-state index in [9.17, 15) is 4.79 Å². The molecule has 1 N–H and O–H groups in total. The molecule has 0 aliphatic rings. The van der Waals surface area contributed by atoms with Gasteiger partial charge >= 0.3 is 0 Å². The summed E-state index contributed by atoms with van der Waals surface area (Å²) in [5, 5.41) is 0.785. The van der Waals surface area contributed by atoms with Gasteiger partial charge in [0, 0.05) is 13.6 Å². The van der Waals surface area contributed by atoms with Crippen molar-refractivity contribution in [1.82, 2.24) is 14.9 Å². The second-order valence-electron chi connectivity index (χ2n) is 6.09. The van der Waals surface area contributed by atoms with Crippen LogP contribution in [0.3, 0.4) is 0 Å². The zero-order valence-electron chi connectivity index (χ0n) is 14.2. The highest BCUT2D eigenvalue weighted by Crippen LogP contribution is 2.20. The molecule has 1 heterocycles. The molecule has 5 heteroatoms. The number of imidazole rings is 1. The molecule has 24 heavy (non-hydrogen) atoms. The lowest BCUT2D eigenvalue weighted by Crippen LogP contribution is -2.27. The minimum absolute atomic E-state index is 0.0946. The number of H-pyrrole nitrogens is 1. The molecule has 0 bridgehead atoms. The second-order valence-corrected chi connectivity index (χ2v) is 7.05. The zero-order valence-corrected chi connectivity index (χ0v) is 15.0. The van der Waals surface area contributed by atoms with Gasteiger partial charge in [0.25, 0.3) is 0 Å². The summed E-state index contributed by atoms with van der Waals surface area (Å²) >= 11 is 1.44. The molecule has 4 nitrogen and oxygen atoms in total. The van der Waals surface area contributed by atoms with Gasteiger partial charge in [-0.2, -0.15) is 0 Å². The van der Waals surface area contributed by atoms with Gasteiger partial charge in [-0.15, -0.1) is 0 Å². The molecule has 124 valence electrons. The van der Waals surface area contributed by atoms with E-state index in [0.717, 1.165) is 21.8 Å². The fourth-order valence-corrected chi connectivity index (χ4v) is 3.29. The highest BCUT2D eigenvalue weighted by molar-refractivity contribution is 7.99. The third kappa shape index (κ3) is 3.97. The van der Waals surface area contributed by atoms with Crippen molar-refractivity contribution >= 4 is 28.7 Å². The van der Waals surface area contributed by atoms with Gasteiger partial charge in [-0.1, -0.05) is 47.7 Å². The Morgan fingerprint density at radius 1 is 1.12 bits per heavy atom. The summed E-state index contributed by atoms with van der Waals surface area (Å²) in [5.74, 6) is 0.471. The van der Waals surface area contributed by atoms with Crippen LogP contribution in [0.1, 0.15) is 16.7 Å². The minimum atomic E-state index is 0.0946. The molecular weight excluding hydrogens is 318 g/mol. The lowest BCUT2D eigenvalue weighted by molar-refractivity contribution is -0.127. The van der Waals surface area contributed by atoms with Crippen molar-refractivity contribution in [1.29, 1.82) is 0 Å². The van der Waals surface area contributed by atoms with Crippen LogP contribution in [-0.2, 0) is 11.3 Å². The van der Waals surface area contributed by atoms with Crippen LogP contribution in [-0.4, -0.2) is 33.6 Å². The van der Waals surface area contributed by atoms with Gasteiger partial charge < -0.3 is 9.88 Å². The van der Waals surface area contributed by atoms with Gasteiger partial charge in [-0.05, 0) is 37.1 Å². The third-order valence-electron chi connectivity index (χ3n) is 3.91. The number of carbonyl (C=O) groups excluding carboxylic acids is 1. The molecule has 3 aromatic rings. The van der Waals surface area contributed by atoms with Gasteiger partial charge in [0.2, 0.25) is 5.91 Å². The molecule has 0 aliphatic heterocycles. The van der Waals surface area contributed by atoms with E-state index in [2.05, 4.69) is 54.1 Å². The topological polar surface area (TPSA) is 49.0 Å². The van der Waals surface area contributed by atoms with Crippen LogP contribution in [0.15, 0.2) is 47.6 Å². The Morgan fingerprint density at radius 3 is 2.58 bits per heavy atom. The number of amides is 1. The Labute approximate surface area is 146 Å². The van der Waals surface area contributed by atoms with Crippen LogP contribution in [0.4, 0.5) is 0 Å². The quantitative estimate of drug-likeness (QED) is 0.717. The van der Waals surface area contributed by atoms with E-state index < -0.39 is 0 Å². The molecule has 0 aliphatic carbocycles. The third-order valence-corrected chi connectivity index (χ3v) is 4.77. The van der Waals surface area contributed by atoms with E-state index >= 15 is 0 Å². The summed E-state index contributed by atoms with van der Waals surface area (Å²) in [6, 6.07) is 14.4. The number of rotatable bonds is 5. The molecule has 0 radical (unpaired) electrons. The molecular formula is C19H21N3OS. The summed E-state index contributed by atoms with van der Waals surface area (Å²) in [6.45, 7) is 4.74. The Bertz CT molecular complexity index is 855. The van der Waals surface area contributed by atoms with E-state index in [4.69, 9.17) is 0 Å². The number of aromatic nitrogens is 2. The van der Waals surface area contributed by atoms with Gasteiger partial charge in [0.1, 0.15) is 0 Å². The number of nitrogens with one attached hydrogen (secondary N) is 1. The fourth-order valence-electron chi connectivity index (χ4n) is 2.46. The number of aryl methyl sites for hydroxylation is 2. The molecule has 0 fully saturated rings. The largest absolute Gasteiger partial charge is 0.341 e. The standard InChI is InChI=1S/C19H21N3OS/c1-13-4-7-15(8-5-13)11-22(3)18(23)12-24-19-20-16-9-6-14(2)10-17(16)21-19/h4-10H,11-12H2,1-3H3,(H,20,21). The van der Waals surface area contributed by atoms with Crippen LogP contribution in [0.5, 0.6) is 0 Å². The molecule has 0 spiro atoms. The molecule has 1 amide bonds. The smallest absolute Gasteiger partial charge is 0.233 e. The van der Waals surface area contributed by atoms with Crippen LogP contribution in [0.2, 0.25) is 0 Å². The Kier molecular flexibility index (Phi) is 4.90. The van der Waals surface area contributed by atoms with Crippen molar-refractivity contribution in [2.75, 3.05) is 12.8 Å². The first-order chi connectivity index (χ1) is 11.5. The minimum Gasteiger partial charge on any atom is -0.341 e. The van der Waals surface area contributed by atoms with Crippen LogP contribution >= 0.6 is 11.8 Å². The normalized spacial score (nSPS) is 11.0. The van der Waals surface area contributed by atoms with E-state index in [-0.39, 0.29) is 5.91 Å². The average molecular weight is 339 g/mol. The van der Waals surface area contributed by atoms with Crippen LogP contribution < -0.4 is 0 Å². The average Bonchev–Trinajstić information content (AvgIpc) is 2.96. The molecule has 0 atom stereocenters. The van der Waals surface area contributed by atoms with Crippen molar-refractivity contribution in [3.05, 3.63) is 59.2 Å². The first-order valence-corrected chi connectivity index (χ1v) is 8.88. The monoisotopic (exact) mass is 339 g/mol. The summed E-state index contributed by atoms with van der Waals surface area (Å²) in [5.41, 5.74) is 5.50. The number of hydrogen-bond acceptors (Lipinski definition) is 3. The van der Waals surface area contributed by atoms with E-state index in [0.29, 0.717) is 12.3 Å². The van der Waals surface area contributed by atoms with Gasteiger partial charge in [0.05, 0.1) is 16.8 Å². The number of carbonyl (C=O) groups is 1. The maximum Gasteiger partial charge on any atom is 0.233 e. The molecule has 0 saturated carbocycles. The highest BCUT2D eigenvalue weighted by atomic mass is 32.2. The first kappa shape index (κ1) is 16.6. The predicted octanol–water partition coefficient (Wildman–Crippen LogP) is 3.93. The Morgan fingerprint density at radius 2 is 1.83 bits per heavy atom. The number of benzene rings is 2. The van der Waals surface area contributed by atoms with Gasteiger partial charge in [-0.3, -0.25) is 4.79 Å². The maximum absolute atomic E-state index is 12.3. The van der Waals surface area contributed by atoms with Crippen LogP contribution in [0, 0.1) is 13.8 Å². The summed E-state index contributed by atoms with van der Waals surface area (Å²) in [6.07, 6.45) is 0. The summed E-state index contributed by atoms with van der Waals surface area (Å²) < 4.78 is 0. The van der Waals surface area contributed by atoms with Crippen molar-refractivity contribution in [2.24, 2.45) is 0 Å². The number of nitrogens with zero attached hydrogens (tertiary/aromatic N) is 2. The van der Waals surface area contributed by atoms with Crippen LogP contribution in [0.25, 0.3) is 11.0 Å². The molecule has 0 unspecified atom stereocenters. The molecule has 2 aromatic carbocycles. The summed E-state index contributed by atoms with van der Waals surface area (Å²) in [7, 11) is 1.84. The maximum atomic E-state index is 12.3. The molecule has 1 aromatic heterocycles. The molecule has 0 saturated heterocycles. The van der Waals surface area contributed by atoms with E-state index in [1.54, 1.807) is 4.90 Å². The molecule has 3 rings (SSSR count). The highest BCUT2D eigenvalue weighted by Gasteiger charge is 2.12. The predicted molar refractivity (Wildman–Crippen MR) is 99.2 cm³/mol. The number of thioether (sulfide) groups is 1. The van der Waals surface area contributed by atoms with Crippen molar-refractivity contribution in [3.8, 4) is 0 Å². The number of hydrogen-bond donors (Lipinski definition) is 1. The van der Waals surface area contributed by atoms with Crippen molar-refractivity contribution in [3.63, 3.8) is 0 Å². The van der Waals surface area contributed by atoms with Gasteiger partial charge in [0.15, 0.2) is 5.16 Å².